The van der Waals surface area contributed by atoms with Crippen LogP contribution < -0.4 is 16.0 Å². The van der Waals surface area contributed by atoms with Gasteiger partial charge in [0.1, 0.15) is 11.6 Å². The van der Waals surface area contributed by atoms with Gasteiger partial charge in [-0.2, -0.15) is 5.10 Å². The number of pyridine rings is 1. The molecule has 0 saturated carbocycles. The van der Waals surface area contributed by atoms with Crippen LogP contribution in [0.2, 0.25) is 0 Å². The molecule has 10 nitrogen and oxygen atoms in total. The highest BCUT2D eigenvalue weighted by Crippen LogP contribution is 2.33. The molecule has 3 aromatic heterocycles. The van der Waals surface area contributed by atoms with Crippen molar-refractivity contribution in [2.45, 2.75) is 52.0 Å². The largest absolute Gasteiger partial charge is 0.381 e. The Morgan fingerprint density at radius 2 is 1.70 bits per heavy atom. The van der Waals surface area contributed by atoms with E-state index in [1.807, 2.05) is 61.5 Å². The number of ether oxygens (including phenoxy) is 1. The Bertz CT molecular complexity index is 1730. The number of amides is 2. The Labute approximate surface area is 250 Å². The van der Waals surface area contributed by atoms with E-state index in [2.05, 4.69) is 46.7 Å². The number of benzene rings is 2. The molecule has 0 atom stereocenters. The third-order valence-electron chi connectivity index (χ3n) is 7.53. The van der Waals surface area contributed by atoms with Gasteiger partial charge in [-0.15, -0.1) is 0 Å². The lowest BCUT2D eigenvalue weighted by Gasteiger charge is -2.23. The maximum Gasteiger partial charge on any atom is 0.324 e. The van der Waals surface area contributed by atoms with Crippen LogP contribution in [-0.2, 0) is 10.2 Å². The molecular formula is C33H36N8O2. The average molecular weight is 577 g/mol. The van der Waals surface area contributed by atoms with Crippen molar-refractivity contribution < 1.29 is 9.53 Å². The molecule has 2 amide bonds. The zero-order valence-electron chi connectivity index (χ0n) is 24.9. The number of nitrogens with zero attached hydrogens (tertiary/aromatic N) is 5. The monoisotopic (exact) mass is 576 g/mol. The number of nitrogens with one attached hydrogen (secondary N) is 3. The third kappa shape index (κ3) is 6.34. The van der Waals surface area contributed by atoms with Gasteiger partial charge in [-0.1, -0.05) is 51.1 Å². The molecule has 43 heavy (non-hydrogen) atoms. The van der Waals surface area contributed by atoms with Gasteiger partial charge in [-0.05, 0) is 43.4 Å². The van der Waals surface area contributed by atoms with Gasteiger partial charge in [-0.25, -0.2) is 14.5 Å². The fourth-order valence-electron chi connectivity index (χ4n) is 5.11. The van der Waals surface area contributed by atoms with E-state index in [4.69, 9.17) is 14.8 Å². The van der Waals surface area contributed by atoms with E-state index >= 15 is 0 Å². The molecule has 3 N–H and O–H groups in total. The third-order valence-corrected chi connectivity index (χ3v) is 7.53. The van der Waals surface area contributed by atoms with Crippen molar-refractivity contribution in [1.82, 2.24) is 24.7 Å². The zero-order valence-corrected chi connectivity index (χ0v) is 24.9. The Balaban J connectivity index is 1.24. The van der Waals surface area contributed by atoms with Gasteiger partial charge in [-0.3, -0.25) is 15.3 Å². The summed E-state index contributed by atoms with van der Waals surface area (Å²) in [5.41, 5.74) is 4.70. The second kappa shape index (κ2) is 11.8. The number of urea groups is 1. The van der Waals surface area contributed by atoms with Crippen LogP contribution in [0.5, 0.6) is 0 Å². The molecule has 1 aliphatic heterocycles. The minimum absolute atomic E-state index is 0.204. The molecule has 0 bridgehead atoms. The first kappa shape index (κ1) is 28.3. The van der Waals surface area contributed by atoms with Gasteiger partial charge in [0.15, 0.2) is 0 Å². The number of anilines is 3. The molecule has 6 rings (SSSR count). The van der Waals surface area contributed by atoms with Gasteiger partial charge < -0.3 is 15.4 Å². The van der Waals surface area contributed by atoms with E-state index < -0.39 is 0 Å². The fraction of sp³-hybridized carbons (Fsp3) is 0.303. The summed E-state index contributed by atoms with van der Waals surface area (Å²) in [6, 6.07) is 17.5. The van der Waals surface area contributed by atoms with E-state index in [1.165, 1.54) is 0 Å². The summed E-state index contributed by atoms with van der Waals surface area (Å²) < 4.78 is 7.16. The first-order valence-corrected chi connectivity index (χ1v) is 14.5. The Morgan fingerprint density at radius 1 is 0.907 bits per heavy atom. The lowest BCUT2D eigenvalue weighted by molar-refractivity contribution is 0.0904. The lowest BCUT2D eigenvalue weighted by Crippen LogP contribution is -2.28. The van der Waals surface area contributed by atoms with E-state index in [0.717, 1.165) is 71.0 Å². The van der Waals surface area contributed by atoms with Crippen molar-refractivity contribution in [3.63, 3.8) is 0 Å². The maximum atomic E-state index is 13.4. The highest BCUT2D eigenvalue weighted by Gasteiger charge is 2.22. The molecule has 0 spiro atoms. The molecule has 0 radical (unpaired) electrons. The molecule has 4 heterocycles. The van der Waals surface area contributed by atoms with Crippen LogP contribution in [0.3, 0.4) is 0 Å². The van der Waals surface area contributed by atoms with E-state index in [0.29, 0.717) is 17.5 Å². The second-order valence-electron chi connectivity index (χ2n) is 11.8. The summed E-state index contributed by atoms with van der Waals surface area (Å²) in [5, 5.41) is 16.1. The van der Waals surface area contributed by atoms with E-state index in [-0.39, 0.29) is 11.4 Å². The predicted molar refractivity (Wildman–Crippen MR) is 170 cm³/mol. The van der Waals surface area contributed by atoms with Crippen molar-refractivity contribution >= 4 is 34.1 Å². The number of carbonyl (C=O) groups is 1. The van der Waals surface area contributed by atoms with E-state index in [1.54, 1.807) is 23.3 Å². The Morgan fingerprint density at radius 3 is 2.40 bits per heavy atom. The molecule has 0 unspecified atom stereocenters. The van der Waals surface area contributed by atoms with Crippen LogP contribution in [0.1, 0.15) is 45.0 Å². The average Bonchev–Trinajstić information content (AvgIpc) is 3.43. The van der Waals surface area contributed by atoms with Crippen LogP contribution in [0.4, 0.5) is 22.1 Å². The highest BCUT2D eigenvalue weighted by molar-refractivity contribution is 6.09. The summed E-state index contributed by atoms with van der Waals surface area (Å²) in [6.07, 6.45) is 7.23. The van der Waals surface area contributed by atoms with Gasteiger partial charge in [0, 0.05) is 47.4 Å². The zero-order chi connectivity index (χ0) is 30.0. The first-order chi connectivity index (χ1) is 20.7. The molecular weight excluding hydrogens is 540 g/mol. The minimum atomic E-state index is -0.372. The topological polar surface area (TPSA) is 119 Å². The maximum absolute atomic E-state index is 13.4. The number of hydrogen-bond donors (Lipinski definition) is 3. The second-order valence-corrected chi connectivity index (χ2v) is 11.8. The summed E-state index contributed by atoms with van der Waals surface area (Å²) in [7, 11) is 0. The lowest BCUT2D eigenvalue weighted by atomic mass is 9.92. The highest BCUT2D eigenvalue weighted by atomic mass is 16.5. The van der Waals surface area contributed by atoms with Crippen LogP contribution >= 0.6 is 0 Å². The summed E-state index contributed by atoms with van der Waals surface area (Å²) in [6.45, 7) is 9.73. The molecule has 0 aliphatic carbocycles. The van der Waals surface area contributed by atoms with Crippen molar-refractivity contribution in [3.05, 3.63) is 84.6 Å². The van der Waals surface area contributed by atoms with Gasteiger partial charge in [0.2, 0.25) is 0 Å². The van der Waals surface area contributed by atoms with Gasteiger partial charge in [0.25, 0.3) is 0 Å². The molecule has 1 fully saturated rings. The predicted octanol–water partition coefficient (Wildman–Crippen LogP) is 6.72. The molecule has 220 valence electrons. The standard InChI is InChI=1S/C33H36N8O2/c1-21-9-10-23(18-34-21)41-31(17-29(40-41)33(2,3)4)39-32(42)38-27-12-11-26(24-7-5-6-8-25(24)27)28-19-36-30(20-35-28)37-22-13-15-43-16-14-22/h5-12,17-20,22H,13-16H2,1-4H3,(H,36,37)(H2,38,39,42). The normalized spacial score (nSPS) is 14.0. The van der Waals surface area contributed by atoms with Crippen molar-refractivity contribution in [3.8, 4) is 16.9 Å². The SMILES string of the molecule is Cc1ccc(-n2nc(C(C)(C)C)cc2NC(=O)Nc2ccc(-c3cnc(NC4CCOCC4)cn3)c3ccccc23)cn1. The number of carbonyl (C=O) groups excluding carboxylic acids is 1. The summed E-state index contributed by atoms with van der Waals surface area (Å²) in [5.74, 6) is 1.31. The van der Waals surface area contributed by atoms with Crippen molar-refractivity contribution in [1.29, 1.82) is 0 Å². The van der Waals surface area contributed by atoms with Crippen LogP contribution in [-0.4, -0.2) is 50.0 Å². The number of aryl methyl sites for hydroxylation is 1. The van der Waals surface area contributed by atoms with Crippen LogP contribution in [0.15, 0.2) is 73.2 Å². The molecule has 1 aliphatic rings. The van der Waals surface area contributed by atoms with Gasteiger partial charge >= 0.3 is 6.03 Å². The quantitative estimate of drug-likeness (QED) is 0.205. The van der Waals surface area contributed by atoms with E-state index in [9.17, 15) is 4.79 Å². The molecule has 5 aromatic rings. The molecule has 10 heteroatoms. The summed E-state index contributed by atoms with van der Waals surface area (Å²) >= 11 is 0. The van der Waals surface area contributed by atoms with Gasteiger partial charge in [0.05, 0.1) is 41.4 Å². The minimum Gasteiger partial charge on any atom is -0.381 e. The van der Waals surface area contributed by atoms with Crippen molar-refractivity contribution in [2.24, 2.45) is 0 Å². The number of fused-ring (bicyclic) bond motifs is 1. The fourth-order valence-corrected chi connectivity index (χ4v) is 5.11. The number of rotatable bonds is 6. The smallest absolute Gasteiger partial charge is 0.324 e. The Hall–Kier alpha value is -4.83. The van der Waals surface area contributed by atoms with Crippen LogP contribution in [0.25, 0.3) is 27.7 Å². The number of hydrogen-bond acceptors (Lipinski definition) is 7. The van der Waals surface area contributed by atoms with Crippen LogP contribution in [0, 0.1) is 6.92 Å². The number of aromatic nitrogens is 5. The molecule has 1 saturated heterocycles. The first-order valence-electron chi connectivity index (χ1n) is 14.5. The summed E-state index contributed by atoms with van der Waals surface area (Å²) in [4.78, 5) is 27.1. The van der Waals surface area contributed by atoms with Crippen molar-refractivity contribution in [2.75, 3.05) is 29.2 Å². The Kier molecular flexibility index (Phi) is 7.77. The molecule has 2 aromatic carbocycles.